The average Bonchev–Trinajstić information content (AvgIpc) is 2.50. The summed E-state index contributed by atoms with van der Waals surface area (Å²) in [6.07, 6.45) is 1.21. The zero-order valence-corrected chi connectivity index (χ0v) is 11.9. The van der Waals surface area contributed by atoms with Crippen LogP contribution < -0.4 is 5.32 Å². The molecule has 0 aromatic heterocycles. The molecule has 3 N–H and O–H groups in total. The zero-order valence-electron chi connectivity index (χ0n) is 11.9. The molecule has 2 unspecified atom stereocenters. The minimum atomic E-state index is -0.504. The second-order valence-electron chi connectivity index (χ2n) is 5.30. The molecular formula is C17H23NO2. The van der Waals surface area contributed by atoms with Crippen LogP contribution in [0.15, 0.2) is 42.5 Å². The lowest BCUT2D eigenvalue weighted by atomic mass is 10.0. The Morgan fingerprint density at radius 3 is 2.60 bits per heavy atom. The Bertz CT molecular complexity index is 541. The van der Waals surface area contributed by atoms with Crippen molar-refractivity contribution in [3.05, 3.63) is 48.0 Å². The second-order valence-corrected chi connectivity index (χ2v) is 5.30. The highest BCUT2D eigenvalue weighted by atomic mass is 16.3. The van der Waals surface area contributed by atoms with E-state index in [0.29, 0.717) is 12.6 Å². The number of nitrogens with one attached hydrogen (secondary N) is 1. The first-order chi connectivity index (χ1) is 9.70. The molecule has 20 heavy (non-hydrogen) atoms. The average molecular weight is 273 g/mol. The second kappa shape index (κ2) is 7.39. The molecule has 0 fully saturated rings. The van der Waals surface area contributed by atoms with E-state index in [0.717, 1.165) is 23.8 Å². The molecule has 0 saturated heterocycles. The van der Waals surface area contributed by atoms with Gasteiger partial charge in [0.1, 0.15) is 0 Å². The van der Waals surface area contributed by atoms with Gasteiger partial charge in [-0.2, -0.15) is 0 Å². The highest BCUT2D eigenvalue weighted by Crippen LogP contribution is 2.20. The minimum absolute atomic E-state index is 0.221. The molecule has 0 heterocycles. The largest absolute Gasteiger partial charge is 0.396 e. The van der Waals surface area contributed by atoms with Gasteiger partial charge in [-0.3, -0.25) is 0 Å². The van der Waals surface area contributed by atoms with Crippen molar-refractivity contribution >= 4 is 10.8 Å². The molecule has 0 bridgehead atoms. The standard InChI is InChI=1S/C17H23NO2/c1-13(5-4-10-19)18-12-17(20)16-9-8-14-6-2-3-7-15(14)11-16/h2-3,6-9,11,13,17-20H,4-5,10,12H2,1H3. The number of aliphatic hydroxyl groups excluding tert-OH is 2. The number of hydrogen-bond donors (Lipinski definition) is 3. The third-order valence-corrected chi connectivity index (χ3v) is 3.61. The highest BCUT2D eigenvalue weighted by Gasteiger charge is 2.09. The van der Waals surface area contributed by atoms with Gasteiger partial charge in [0.05, 0.1) is 6.10 Å². The van der Waals surface area contributed by atoms with E-state index in [-0.39, 0.29) is 6.61 Å². The predicted octanol–water partition coefficient (Wildman–Crippen LogP) is 2.62. The third-order valence-electron chi connectivity index (χ3n) is 3.61. The summed E-state index contributed by atoms with van der Waals surface area (Å²) in [6.45, 7) is 2.83. The van der Waals surface area contributed by atoms with Crippen LogP contribution >= 0.6 is 0 Å². The predicted molar refractivity (Wildman–Crippen MR) is 82.7 cm³/mol. The molecule has 2 aromatic carbocycles. The van der Waals surface area contributed by atoms with Crippen molar-refractivity contribution in [1.29, 1.82) is 0 Å². The van der Waals surface area contributed by atoms with Crippen LogP contribution in [0.1, 0.15) is 31.4 Å². The Balaban J connectivity index is 1.95. The van der Waals surface area contributed by atoms with E-state index < -0.39 is 6.10 Å². The van der Waals surface area contributed by atoms with Crippen LogP contribution in [-0.2, 0) is 0 Å². The SMILES string of the molecule is CC(CCCO)NCC(O)c1ccc2ccccc2c1. The van der Waals surface area contributed by atoms with Crippen molar-refractivity contribution in [3.63, 3.8) is 0 Å². The van der Waals surface area contributed by atoms with E-state index in [4.69, 9.17) is 5.11 Å². The van der Waals surface area contributed by atoms with E-state index in [1.807, 2.05) is 30.3 Å². The lowest BCUT2D eigenvalue weighted by molar-refractivity contribution is 0.169. The Kier molecular flexibility index (Phi) is 5.53. The fourth-order valence-corrected chi connectivity index (χ4v) is 2.35. The molecule has 3 nitrogen and oxygen atoms in total. The molecule has 0 spiro atoms. The van der Waals surface area contributed by atoms with Gasteiger partial charge in [0.15, 0.2) is 0 Å². The number of fused-ring (bicyclic) bond motifs is 1. The molecule has 2 atom stereocenters. The fraction of sp³-hybridized carbons (Fsp3) is 0.412. The Morgan fingerprint density at radius 2 is 1.85 bits per heavy atom. The van der Waals surface area contributed by atoms with Crippen LogP contribution in [0.2, 0.25) is 0 Å². The van der Waals surface area contributed by atoms with Crippen molar-refractivity contribution in [2.45, 2.75) is 31.9 Å². The number of hydrogen-bond acceptors (Lipinski definition) is 3. The van der Waals surface area contributed by atoms with E-state index in [2.05, 4.69) is 24.4 Å². The number of benzene rings is 2. The molecule has 3 heteroatoms. The Morgan fingerprint density at radius 1 is 1.10 bits per heavy atom. The van der Waals surface area contributed by atoms with Crippen molar-refractivity contribution in [2.24, 2.45) is 0 Å². The van der Waals surface area contributed by atoms with Gasteiger partial charge in [-0.05, 0) is 42.2 Å². The molecule has 0 aliphatic heterocycles. The molecule has 0 radical (unpaired) electrons. The Hall–Kier alpha value is -1.42. The fourth-order valence-electron chi connectivity index (χ4n) is 2.35. The summed E-state index contributed by atoms with van der Waals surface area (Å²) >= 11 is 0. The van der Waals surface area contributed by atoms with E-state index in [1.165, 1.54) is 5.39 Å². The van der Waals surface area contributed by atoms with E-state index in [1.54, 1.807) is 0 Å². The van der Waals surface area contributed by atoms with Crippen molar-refractivity contribution in [3.8, 4) is 0 Å². The molecule has 2 rings (SSSR count). The molecular weight excluding hydrogens is 250 g/mol. The molecule has 108 valence electrons. The van der Waals surface area contributed by atoms with Crippen LogP contribution in [0.5, 0.6) is 0 Å². The van der Waals surface area contributed by atoms with Gasteiger partial charge >= 0.3 is 0 Å². The molecule has 0 saturated carbocycles. The molecule has 0 aliphatic rings. The van der Waals surface area contributed by atoms with Gasteiger partial charge in [0, 0.05) is 19.2 Å². The first-order valence-corrected chi connectivity index (χ1v) is 7.21. The number of rotatable bonds is 7. The summed E-state index contributed by atoms with van der Waals surface area (Å²) in [5.41, 5.74) is 0.936. The normalized spacial score (nSPS) is 14.3. The quantitative estimate of drug-likeness (QED) is 0.727. The van der Waals surface area contributed by atoms with Gasteiger partial charge in [0.2, 0.25) is 0 Å². The van der Waals surface area contributed by atoms with E-state index >= 15 is 0 Å². The van der Waals surface area contributed by atoms with Crippen LogP contribution in [-0.4, -0.2) is 29.4 Å². The zero-order chi connectivity index (χ0) is 14.4. The van der Waals surface area contributed by atoms with Gasteiger partial charge in [0.25, 0.3) is 0 Å². The van der Waals surface area contributed by atoms with Crippen LogP contribution in [0.4, 0.5) is 0 Å². The Labute approximate surface area is 120 Å². The maximum Gasteiger partial charge on any atom is 0.0914 e. The van der Waals surface area contributed by atoms with Crippen LogP contribution in [0.3, 0.4) is 0 Å². The smallest absolute Gasteiger partial charge is 0.0914 e. The van der Waals surface area contributed by atoms with E-state index in [9.17, 15) is 5.11 Å². The third kappa shape index (κ3) is 4.04. The van der Waals surface area contributed by atoms with Gasteiger partial charge in [-0.1, -0.05) is 36.4 Å². The first kappa shape index (κ1) is 15.0. The summed E-state index contributed by atoms with van der Waals surface area (Å²) in [4.78, 5) is 0. The van der Waals surface area contributed by atoms with Gasteiger partial charge < -0.3 is 15.5 Å². The topological polar surface area (TPSA) is 52.5 Å². The maximum absolute atomic E-state index is 10.2. The first-order valence-electron chi connectivity index (χ1n) is 7.21. The van der Waals surface area contributed by atoms with Crippen LogP contribution in [0, 0.1) is 0 Å². The highest BCUT2D eigenvalue weighted by molar-refractivity contribution is 5.83. The van der Waals surface area contributed by atoms with Crippen molar-refractivity contribution < 1.29 is 10.2 Å². The summed E-state index contributed by atoms with van der Waals surface area (Å²) in [5, 5.41) is 24.7. The minimum Gasteiger partial charge on any atom is -0.396 e. The lowest BCUT2D eigenvalue weighted by Crippen LogP contribution is -2.30. The van der Waals surface area contributed by atoms with Crippen molar-refractivity contribution in [1.82, 2.24) is 5.32 Å². The molecule has 0 aliphatic carbocycles. The van der Waals surface area contributed by atoms with Gasteiger partial charge in [-0.25, -0.2) is 0 Å². The van der Waals surface area contributed by atoms with Gasteiger partial charge in [-0.15, -0.1) is 0 Å². The number of aliphatic hydroxyl groups is 2. The molecule has 0 amide bonds. The monoisotopic (exact) mass is 273 g/mol. The lowest BCUT2D eigenvalue weighted by Gasteiger charge is -2.17. The summed E-state index contributed by atoms with van der Waals surface area (Å²) in [5.74, 6) is 0. The summed E-state index contributed by atoms with van der Waals surface area (Å²) in [6, 6.07) is 14.5. The molecule has 2 aromatic rings. The van der Waals surface area contributed by atoms with Crippen molar-refractivity contribution in [2.75, 3.05) is 13.2 Å². The summed E-state index contributed by atoms with van der Waals surface area (Å²) < 4.78 is 0. The maximum atomic E-state index is 10.2. The summed E-state index contributed by atoms with van der Waals surface area (Å²) in [7, 11) is 0. The van der Waals surface area contributed by atoms with Crippen LogP contribution in [0.25, 0.3) is 10.8 Å².